The van der Waals surface area contributed by atoms with Gasteiger partial charge in [-0.15, -0.1) is 0 Å². The smallest absolute Gasteiger partial charge is 0.0468 e. The van der Waals surface area contributed by atoms with E-state index in [0.29, 0.717) is 0 Å². The summed E-state index contributed by atoms with van der Waals surface area (Å²) in [5, 5.41) is 12.2. The highest BCUT2D eigenvalue weighted by molar-refractivity contribution is 6.28. The molecule has 22 rings (SSSR count). The number of hydrogen-bond donors (Lipinski definition) is 0. The summed E-state index contributed by atoms with van der Waals surface area (Å²) in [6.07, 6.45) is 0. The summed E-state index contributed by atoms with van der Waals surface area (Å²) in [6, 6.07) is 133. The Hall–Kier alpha value is -13.1. The monoisotopic (exact) mass is 1440 g/mol. The van der Waals surface area contributed by atoms with Gasteiger partial charge in [-0.1, -0.05) is 322 Å². The van der Waals surface area contributed by atoms with E-state index >= 15 is 0 Å². The predicted molar refractivity (Wildman–Crippen MR) is 480 cm³/mol. The van der Waals surface area contributed by atoms with Gasteiger partial charge in [-0.05, 0) is 279 Å². The lowest BCUT2D eigenvalue weighted by atomic mass is 9.67. The van der Waals surface area contributed by atoms with E-state index in [1.54, 1.807) is 0 Å². The van der Waals surface area contributed by atoms with E-state index in [-0.39, 0.29) is 21.7 Å². The molecule has 113 heavy (non-hydrogen) atoms. The van der Waals surface area contributed by atoms with Crippen molar-refractivity contribution in [1.29, 1.82) is 0 Å². The van der Waals surface area contributed by atoms with E-state index in [9.17, 15) is 0 Å². The van der Waals surface area contributed by atoms with Crippen LogP contribution in [0.25, 0.3) is 143 Å². The van der Waals surface area contributed by atoms with Gasteiger partial charge < -0.3 is 9.80 Å². The van der Waals surface area contributed by atoms with E-state index in [1.807, 2.05) is 0 Å². The minimum Gasteiger partial charge on any atom is -0.310 e. The third-order valence-electron chi connectivity index (χ3n) is 26.7. The molecule has 18 aromatic carbocycles. The van der Waals surface area contributed by atoms with E-state index in [1.165, 1.54) is 193 Å². The molecule has 18 aromatic rings. The highest BCUT2D eigenvalue weighted by Crippen LogP contribution is 2.58. The molecular formula is C111H84N2. The maximum absolute atomic E-state index is 2.55. The number of nitrogens with zero attached hydrogens (tertiary/aromatic N) is 2. The fourth-order valence-corrected chi connectivity index (χ4v) is 20.9. The SMILES string of the molecule is Cc1ccc(N(c2ccc(-c3ccc4c(c3)C(C)(C)c3ccccc3-4)cc2)c2ccc3c(-c4ccc5c6c(cccc46)C(C)(C)c4ccccc4-5)c4cc(N(c5ccc(-c6ccc7c(c6)C(C)(C)c6ccccc6-7)cc5)c5ccc6ccccc6c5)ccc4c(-c4ccc5c6c(cccc46)C(C)(C)c4ccccc4-5)c3c2)cc1. The summed E-state index contributed by atoms with van der Waals surface area (Å²) < 4.78 is 0. The van der Waals surface area contributed by atoms with Gasteiger partial charge in [0.25, 0.3) is 0 Å². The molecule has 0 aliphatic heterocycles. The van der Waals surface area contributed by atoms with Crippen molar-refractivity contribution >= 4 is 88.0 Å². The quantitative estimate of drug-likeness (QED) is 0.126. The van der Waals surface area contributed by atoms with Crippen molar-refractivity contribution in [2.75, 3.05) is 9.80 Å². The molecule has 0 unspecified atom stereocenters. The average molecular weight is 1450 g/mol. The lowest BCUT2D eigenvalue weighted by Crippen LogP contribution is -2.23. The first-order valence-corrected chi connectivity index (χ1v) is 40.2. The van der Waals surface area contributed by atoms with Crippen LogP contribution in [0.5, 0.6) is 0 Å². The molecule has 0 saturated carbocycles. The second-order valence-corrected chi connectivity index (χ2v) is 34.3. The molecule has 0 atom stereocenters. The van der Waals surface area contributed by atoms with Crippen LogP contribution in [0.15, 0.2) is 346 Å². The molecule has 0 saturated heterocycles. The first-order valence-electron chi connectivity index (χ1n) is 40.2. The number of hydrogen-bond acceptors (Lipinski definition) is 2. The first-order chi connectivity index (χ1) is 55.0. The number of rotatable bonds is 10. The van der Waals surface area contributed by atoms with Crippen molar-refractivity contribution in [3.63, 3.8) is 0 Å². The third kappa shape index (κ3) is 9.85. The maximum atomic E-state index is 2.55. The maximum Gasteiger partial charge on any atom is 0.0468 e. The van der Waals surface area contributed by atoms with Gasteiger partial charge in [0.05, 0.1) is 0 Å². The summed E-state index contributed by atoms with van der Waals surface area (Å²) in [5.74, 6) is 0. The van der Waals surface area contributed by atoms with Crippen molar-refractivity contribution in [3.8, 4) is 89.0 Å². The van der Waals surface area contributed by atoms with Crippen LogP contribution in [0.4, 0.5) is 34.1 Å². The molecule has 0 fully saturated rings. The highest BCUT2D eigenvalue weighted by atomic mass is 15.1. The molecular weight excluding hydrogens is 1360 g/mol. The molecule has 0 heterocycles. The third-order valence-corrected chi connectivity index (χ3v) is 26.7. The van der Waals surface area contributed by atoms with Crippen molar-refractivity contribution in [1.82, 2.24) is 0 Å². The zero-order valence-electron chi connectivity index (χ0n) is 65.3. The van der Waals surface area contributed by atoms with Crippen LogP contribution < -0.4 is 9.80 Å². The largest absolute Gasteiger partial charge is 0.310 e. The van der Waals surface area contributed by atoms with E-state index in [2.05, 4.69) is 418 Å². The van der Waals surface area contributed by atoms with Gasteiger partial charge in [0.15, 0.2) is 0 Å². The molecule has 0 bridgehead atoms. The summed E-state index contributed by atoms with van der Waals surface area (Å²) in [4.78, 5) is 4.99. The van der Waals surface area contributed by atoms with Crippen LogP contribution in [0.3, 0.4) is 0 Å². The molecule has 2 heteroatoms. The van der Waals surface area contributed by atoms with Crippen molar-refractivity contribution < 1.29 is 0 Å². The van der Waals surface area contributed by atoms with Crippen molar-refractivity contribution in [2.24, 2.45) is 0 Å². The van der Waals surface area contributed by atoms with Crippen LogP contribution in [-0.2, 0) is 21.7 Å². The second kappa shape index (κ2) is 24.4. The Morgan fingerprint density at radius 3 is 0.938 bits per heavy atom. The predicted octanol–water partition coefficient (Wildman–Crippen LogP) is 30.6. The second-order valence-electron chi connectivity index (χ2n) is 34.3. The van der Waals surface area contributed by atoms with Crippen LogP contribution in [0, 0.1) is 6.92 Å². The zero-order valence-corrected chi connectivity index (χ0v) is 65.3. The number of benzene rings is 18. The van der Waals surface area contributed by atoms with Crippen LogP contribution in [-0.4, -0.2) is 0 Å². The molecule has 0 radical (unpaired) electrons. The lowest BCUT2D eigenvalue weighted by Gasteiger charge is -2.36. The Morgan fingerprint density at radius 1 is 0.186 bits per heavy atom. The Balaban J connectivity index is 0.810. The molecule has 538 valence electrons. The Kier molecular flexibility index (Phi) is 14.4. The van der Waals surface area contributed by atoms with Crippen LogP contribution >= 0.6 is 0 Å². The first kappa shape index (κ1) is 66.8. The van der Waals surface area contributed by atoms with Gasteiger partial charge in [-0.25, -0.2) is 0 Å². The topological polar surface area (TPSA) is 6.48 Å². The summed E-state index contributed by atoms with van der Waals surface area (Å²) in [6.45, 7) is 21.4. The Labute approximate surface area is 662 Å². The van der Waals surface area contributed by atoms with Crippen LogP contribution in [0.2, 0.25) is 0 Å². The minimum atomic E-state index is -0.261. The van der Waals surface area contributed by atoms with Gasteiger partial charge in [0, 0.05) is 55.8 Å². The van der Waals surface area contributed by atoms with Gasteiger partial charge in [0.2, 0.25) is 0 Å². The average Bonchev–Trinajstić information content (AvgIpc) is 1.38. The van der Waals surface area contributed by atoms with Crippen LogP contribution in [0.1, 0.15) is 105 Å². The molecule has 4 aliphatic carbocycles. The molecule has 4 aliphatic rings. The fraction of sp³-hybridized carbons (Fsp3) is 0.117. The molecule has 0 aromatic heterocycles. The normalized spacial score (nSPS) is 14.5. The summed E-state index contributed by atoms with van der Waals surface area (Å²) >= 11 is 0. The van der Waals surface area contributed by atoms with E-state index in [4.69, 9.17) is 0 Å². The van der Waals surface area contributed by atoms with E-state index < -0.39 is 0 Å². The molecule has 0 N–H and O–H groups in total. The minimum absolute atomic E-state index is 0.111. The van der Waals surface area contributed by atoms with Gasteiger partial charge >= 0.3 is 0 Å². The number of aryl methyl sites for hydroxylation is 1. The lowest BCUT2D eigenvalue weighted by molar-refractivity contribution is 0.645. The Bertz CT molecular complexity index is 7100. The Morgan fingerprint density at radius 2 is 0.496 bits per heavy atom. The fourth-order valence-electron chi connectivity index (χ4n) is 20.9. The molecule has 0 spiro atoms. The van der Waals surface area contributed by atoms with E-state index in [0.717, 1.165) is 34.1 Å². The summed E-state index contributed by atoms with van der Waals surface area (Å²) in [7, 11) is 0. The number of anilines is 6. The standard InChI is InChI=1S/C111H84N2/c1-67-36-45-74(46-37-67)112(75-47-38-69(39-48-75)72-43-54-84-80-24-12-16-30-96(80)110(6,7)102(84)63-72)78-52-56-92-94(65-78)104(90-60-58-88-82-26-14-18-32-98(82)108(2,3)100-34-20-28-86(90)106(88)100)93-57-53-79(66-95(93)105(92)91-61-59-89-83-27-15-19-33-99(83)109(4,5)101-35-21-29-87(91)107(89)101)113(77-51-42-68-22-10-11-23-71(68)62-77)76-49-40-70(41-50-76)73-44-55-85-81-25-13-17-31-97(81)111(8,9)103(85)64-73/h10-66H,1-9H3. The van der Waals surface area contributed by atoms with Gasteiger partial charge in [0.1, 0.15) is 0 Å². The van der Waals surface area contributed by atoms with Gasteiger partial charge in [-0.3, -0.25) is 0 Å². The molecule has 2 nitrogen and oxygen atoms in total. The molecule has 0 amide bonds. The zero-order chi connectivity index (χ0) is 76.1. The van der Waals surface area contributed by atoms with Gasteiger partial charge in [-0.2, -0.15) is 0 Å². The van der Waals surface area contributed by atoms with Crippen molar-refractivity contribution in [3.05, 3.63) is 396 Å². The number of fused-ring (bicyclic) bond motifs is 13. The van der Waals surface area contributed by atoms with Crippen molar-refractivity contribution in [2.45, 2.75) is 84.0 Å². The highest BCUT2D eigenvalue weighted by Gasteiger charge is 2.40. The summed E-state index contributed by atoms with van der Waals surface area (Å²) in [5.41, 5.74) is 37.9.